The van der Waals surface area contributed by atoms with E-state index in [0.717, 1.165) is 35.0 Å². The summed E-state index contributed by atoms with van der Waals surface area (Å²) in [6, 6.07) is 7.57. The number of rotatable bonds is 8. The van der Waals surface area contributed by atoms with Crippen molar-refractivity contribution in [1.29, 1.82) is 5.26 Å². The molecule has 7 nitrogen and oxygen atoms in total. The molecule has 9 heteroatoms. The van der Waals surface area contributed by atoms with E-state index >= 15 is 0 Å². The van der Waals surface area contributed by atoms with Crippen molar-refractivity contribution in [2.45, 2.75) is 43.4 Å². The molecule has 1 aromatic carbocycles. The van der Waals surface area contributed by atoms with Crippen molar-refractivity contribution >= 4 is 27.3 Å². The second-order valence-electron chi connectivity index (χ2n) is 7.04. The first-order valence-corrected chi connectivity index (χ1v) is 11.9. The first-order chi connectivity index (χ1) is 13.9. The number of likely N-dealkylation sites (N-methyl/N-ethyl adjacent to an activating group) is 1. The van der Waals surface area contributed by atoms with E-state index in [1.54, 1.807) is 11.3 Å². The Kier molecular flexibility index (Phi) is 7.00. The Labute approximate surface area is 175 Å². The second-order valence-corrected chi connectivity index (χ2v) is 10.2. The minimum atomic E-state index is -3.78. The van der Waals surface area contributed by atoms with Gasteiger partial charge in [-0.2, -0.15) is 9.57 Å². The lowest BCUT2D eigenvalue weighted by Crippen LogP contribution is -2.38. The van der Waals surface area contributed by atoms with Crippen molar-refractivity contribution < 1.29 is 13.2 Å². The van der Waals surface area contributed by atoms with Crippen molar-refractivity contribution in [3.8, 4) is 6.07 Å². The van der Waals surface area contributed by atoms with Gasteiger partial charge in [0.15, 0.2) is 0 Å². The zero-order valence-electron chi connectivity index (χ0n) is 16.3. The topological polar surface area (TPSA) is 103 Å². The van der Waals surface area contributed by atoms with Crippen LogP contribution in [0.5, 0.6) is 0 Å². The third kappa shape index (κ3) is 5.41. The van der Waals surface area contributed by atoms with Gasteiger partial charge in [0.25, 0.3) is 0 Å². The number of hydrogen-bond acceptors (Lipinski definition) is 6. The van der Waals surface area contributed by atoms with Crippen molar-refractivity contribution in [3.63, 3.8) is 0 Å². The molecule has 0 saturated carbocycles. The van der Waals surface area contributed by atoms with Crippen molar-refractivity contribution in [1.82, 2.24) is 14.6 Å². The van der Waals surface area contributed by atoms with Crippen LogP contribution < -0.4 is 5.32 Å². The van der Waals surface area contributed by atoms with Gasteiger partial charge in [-0.15, -0.1) is 11.3 Å². The number of amides is 1. The third-order valence-corrected chi connectivity index (χ3v) is 7.87. The number of benzene rings is 1. The first-order valence-electron chi connectivity index (χ1n) is 9.61. The highest BCUT2D eigenvalue weighted by atomic mass is 32.2. The third-order valence-electron chi connectivity index (χ3n) is 4.84. The van der Waals surface area contributed by atoms with Crippen LogP contribution in [0.25, 0.3) is 0 Å². The zero-order valence-corrected chi connectivity index (χ0v) is 18.0. The lowest BCUT2D eigenvalue weighted by atomic mass is 10.0. The molecule has 0 unspecified atom stereocenters. The number of aromatic nitrogens is 1. The number of thiazole rings is 1. The maximum Gasteiger partial charge on any atom is 0.243 e. The summed E-state index contributed by atoms with van der Waals surface area (Å²) in [4.78, 5) is 18.3. The Balaban J connectivity index is 1.44. The first kappa shape index (κ1) is 21.4. The Morgan fingerprint density at radius 2 is 2.00 bits per heavy atom. The van der Waals surface area contributed by atoms with Gasteiger partial charge in [0.2, 0.25) is 15.9 Å². The average Bonchev–Trinajstić information content (AvgIpc) is 3.14. The Morgan fingerprint density at radius 3 is 2.69 bits per heavy atom. The predicted molar refractivity (Wildman–Crippen MR) is 111 cm³/mol. The van der Waals surface area contributed by atoms with Crippen LogP contribution in [0.2, 0.25) is 0 Å². The van der Waals surface area contributed by atoms with Crippen LogP contribution in [0.4, 0.5) is 0 Å². The molecule has 1 aliphatic rings. The fourth-order valence-corrected chi connectivity index (χ4v) is 5.53. The van der Waals surface area contributed by atoms with E-state index in [9.17, 15) is 13.2 Å². The summed E-state index contributed by atoms with van der Waals surface area (Å²) >= 11 is 1.78. The molecular formula is C20H24N4O3S2. The number of carbonyl (C=O) groups is 1. The highest BCUT2D eigenvalue weighted by Crippen LogP contribution is 2.27. The van der Waals surface area contributed by atoms with E-state index in [1.165, 1.54) is 54.7 Å². The largest absolute Gasteiger partial charge is 0.355 e. The predicted octanol–water partition coefficient (Wildman–Crippen LogP) is 2.26. The molecule has 29 heavy (non-hydrogen) atoms. The van der Waals surface area contributed by atoms with Crippen molar-refractivity contribution in [3.05, 3.63) is 45.4 Å². The molecule has 2 aromatic rings. The van der Waals surface area contributed by atoms with Crippen LogP contribution in [0.15, 0.2) is 29.2 Å². The summed E-state index contributed by atoms with van der Waals surface area (Å²) in [5, 5.41) is 12.7. The quantitative estimate of drug-likeness (QED) is 0.645. The summed E-state index contributed by atoms with van der Waals surface area (Å²) in [6.07, 6.45) is 6.24. The molecule has 154 valence electrons. The Bertz CT molecular complexity index is 984. The Hall–Kier alpha value is -2.28. The van der Waals surface area contributed by atoms with Gasteiger partial charge in [0.05, 0.1) is 33.8 Å². The maximum atomic E-state index is 12.5. The number of sulfonamides is 1. The molecule has 1 aliphatic carbocycles. The normalized spacial score (nSPS) is 13.7. The summed E-state index contributed by atoms with van der Waals surface area (Å²) in [7, 11) is -2.41. The minimum absolute atomic E-state index is 0.0551. The van der Waals surface area contributed by atoms with Crippen LogP contribution >= 0.6 is 11.3 Å². The average molecular weight is 433 g/mol. The fourth-order valence-electron chi connectivity index (χ4n) is 3.20. The van der Waals surface area contributed by atoms with Gasteiger partial charge in [-0.05, 0) is 56.4 Å². The van der Waals surface area contributed by atoms with Gasteiger partial charge >= 0.3 is 0 Å². The number of aryl methyl sites for hydroxylation is 3. The highest BCUT2D eigenvalue weighted by molar-refractivity contribution is 7.89. The number of fused-ring (bicyclic) bond motifs is 1. The smallest absolute Gasteiger partial charge is 0.243 e. The summed E-state index contributed by atoms with van der Waals surface area (Å²) < 4.78 is 26.1. The van der Waals surface area contributed by atoms with Gasteiger partial charge in [-0.25, -0.2) is 13.4 Å². The number of hydrogen-bond donors (Lipinski definition) is 1. The highest BCUT2D eigenvalue weighted by Gasteiger charge is 2.23. The molecule has 0 fully saturated rings. The molecule has 3 rings (SSSR count). The fraction of sp³-hybridized carbons (Fsp3) is 0.450. The number of nitriles is 1. The zero-order chi connectivity index (χ0) is 20.9. The molecule has 1 amide bonds. The van der Waals surface area contributed by atoms with Gasteiger partial charge in [-0.3, -0.25) is 4.79 Å². The molecule has 0 bridgehead atoms. The van der Waals surface area contributed by atoms with E-state index in [4.69, 9.17) is 10.2 Å². The molecule has 0 atom stereocenters. The van der Waals surface area contributed by atoms with Crippen molar-refractivity contribution in [2.24, 2.45) is 0 Å². The van der Waals surface area contributed by atoms with E-state index < -0.39 is 10.0 Å². The lowest BCUT2D eigenvalue weighted by Gasteiger charge is -2.17. The summed E-state index contributed by atoms with van der Waals surface area (Å²) in [5.74, 6) is -0.344. The van der Waals surface area contributed by atoms with Gasteiger partial charge in [0, 0.05) is 24.9 Å². The van der Waals surface area contributed by atoms with E-state index in [0.29, 0.717) is 12.1 Å². The molecule has 0 saturated heterocycles. The number of nitrogens with one attached hydrogen (secondary N) is 1. The molecule has 1 N–H and O–H groups in total. The van der Waals surface area contributed by atoms with E-state index in [-0.39, 0.29) is 17.3 Å². The van der Waals surface area contributed by atoms with Gasteiger partial charge in [0.1, 0.15) is 0 Å². The standard InChI is InChI=1S/C20H24N4O3S2/c1-24(29(26,27)16-10-8-15(13-21)9-11-16)14-19(25)22-12-4-7-20-23-17-5-2-3-6-18(17)28-20/h8-11H,2-7,12,14H2,1H3,(H,22,25). The van der Waals surface area contributed by atoms with Crippen LogP contribution in [0.3, 0.4) is 0 Å². The summed E-state index contributed by atoms with van der Waals surface area (Å²) in [6.45, 7) is 0.224. The van der Waals surface area contributed by atoms with Crippen molar-refractivity contribution in [2.75, 3.05) is 20.1 Å². The SMILES string of the molecule is CN(CC(=O)NCCCc1nc2c(s1)CCCC2)S(=O)(=O)c1ccc(C#N)cc1. The Morgan fingerprint density at radius 1 is 1.28 bits per heavy atom. The molecule has 1 aromatic heterocycles. The van der Waals surface area contributed by atoms with Crippen LogP contribution in [0.1, 0.15) is 40.4 Å². The molecule has 1 heterocycles. The molecular weight excluding hydrogens is 408 g/mol. The number of nitrogens with zero attached hydrogens (tertiary/aromatic N) is 3. The summed E-state index contributed by atoms with van der Waals surface area (Å²) in [5.41, 5.74) is 1.63. The van der Waals surface area contributed by atoms with Gasteiger partial charge < -0.3 is 5.32 Å². The monoisotopic (exact) mass is 432 g/mol. The van der Waals surface area contributed by atoms with E-state index in [1.807, 2.05) is 6.07 Å². The van der Waals surface area contributed by atoms with Crippen LogP contribution in [-0.4, -0.2) is 43.8 Å². The minimum Gasteiger partial charge on any atom is -0.355 e. The number of carbonyl (C=O) groups excluding carboxylic acids is 1. The van der Waals surface area contributed by atoms with Gasteiger partial charge in [-0.1, -0.05) is 0 Å². The van der Waals surface area contributed by atoms with E-state index in [2.05, 4.69) is 5.32 Å². The molecule has 0 aliphatic heterocycles. The molecule has 0 radical (unpaired) electrons. The second kappa shape index (κ2) is 9.48. The van der Waals surface area contributed by atoms with Crippen LogP contribution in [0, 0.1) is 11.3 Å². The molecule has 0 spiro atoms. The van der Waals surface area contributed by atoms with Crippen LogP contribution in [-0.2, 0) is 34.1 Å². The maximum absolute atomic E-state index is 12.5. The lowest BCUT2D eigenvalue weighted by molar-refractivity contribution is -0.121.